The minimum Gasteiger partial charge on any atom is -0.480 e. The molecule has 2 saturated heterocycles. The molecule has 2 fully saturated rings. The lowest BCUT2D eigenvalue weighted by atomic mass is 10.2. The first-order valence-electron chi connectivity index (χ1n) is 6.64. The van der Waals surface area contributed by atoms with Gasteiger partial charge >= 0.3 is 12.0 Å². The molecule has 7 heteroatoms. The van der Waals surface area contributed by atoms with Crippen LogP contribution in [0.3, 0.4) is 0 Å². The van der Waals surface area contributed by atoms with E-state index in [1.165, 1.54) is 16.7 Å². The fourth-order valence-corrected chi connectivity index (χ4v) is 4.09. The Balaban J connectivity index is 2.16. The van der Waals surface area contributed by atoms with Gasteiger partial charge in [0.05, 0.1) is 18.0 Å². The number of carboxylic acid groups (broad SMARTS) is 1. The monoisotopic (exact) mass is 288 g/mol. The highest BCUT2D eigenvalue weighted by molar-refractivity contribution is 8.00. The highest BCUT2D eigenvalue weighted by Crippen LogP contribution is 2.33. The molecule has 0 aliphatic carbocycles. The number of nitrogens with zero attached hydrogens (tertiary/aromatic N) is 2. The number of carbonyl (C=O) groups is 2. The summed E-state index contributed by atoms with van der Waals surface area (Å²) in [6, 6.07) is -1.15. The van der Waals surface area contributed by atoms with Crippen molar-refractivity contribution in [1.82, 2.24) is 9.80 Å². The van der Waals surface area contributed by atoms with E-state index in [1.807, 2.05) is 6.92 Å². The van der Waals surface area contributed by atoms with Gasteiger partial charge in [0.1, 0.15) is 6.04 Å². The van der Waals surface area contributed by atoms with Gasteiger partial charge in [0, 0.05) is 12.3 Å². The molecule has 3 atom stereocenters. The molecule has 0 saturated carbocycles. The third-order valence-electron chi connectivity index (χ3n) is 3.78. The summed E-state index contributed by atoms with van der Waals surface area (Å²) in [5.74, 6) is -0.506. The smallest absolute Gasteiger partial charge is 0.327 e. The lowest BCUT2D eigenvalue weighted by Gasteiger charge is -2.33. The maximum Gasteiger partial charge on any atom is 0.327 e. The van der Waals surface area contributed by atoms with Gasteiger partial charge in [-0.2, -0.15) is 0 Å². The number of aliphatic carboxylic acids is 1. The third-order valence-corrected chi connectivity index (χ3v) is 5.23. The van der Waals surface area contributed by atoms with Crippen LogP contribution in [0.25, 0.3) is 0 Å². The van der Waals surface area contributed by atoms with Crippen LogP contribution >= 0.6 is 11.8 Å². The summed E-state index contributed by atoms with van der Waals surface area (Å²) >= 11 is 1.52. The van der Waals surface area contributed by atoms with E-state index < -0.39 is 12.0 Å². The van der Waals surface area contributed by atoms with Gasteiger partial charge in [0.25, 0.3) is 0 Å². The summed E-state index contributed by atoms with van der Waals surface area (Å²) in [5, 5.41) is 18.5. The van der Waals surface area contributed by atoms with E-state index in [4.69, 9.17) is 0 Å². The lowest BCUT2D eigenvalue weighted by Crippen LogP contribution is -2.53. The van der Waals surface area contributed by atoms with Gasteiger partial charge in [-0.25, -0.2) is 9.59 Å². The largest absolute Gasteiger partial charge is 0.480 e. The van der Waals surface area contributed by atoms with Gasteiger partial charge in [-0.15, -0.1) is 11.8 Å². The Kier molecular flexibility index (Phi) is 4.57. The first-order valence-corrected chi connectivity index (χ1v) is 7.69. The molecule has 2 amide bonds. The van der Waals surface area contributed by atoms with Crippen LogP contribution in [0.2, 0.25) is 0 Å². The zero-order chi connectivity index (χ0) is 14.0. The number of aliphatic hydroxyl groups is 1. The van der Waals surface area contributed by atoms with Gasteiger partial charge in [-0.3, -0.25) is 4.90 Å². The predicted octanol–water partition coefficient (Wildman–Crippen LogP) is 0.801. The Morgan fingerprint density at radius 1 is 1.42 bits per heavy atom. The average molecular weight is 288 g/mol. The minimum absolute atomic E-state index is 0.0543. The van der Waals surface area contributed by atoms with Crippen molar-refractivity contribution in [3.05, 3.63) is 0 Å². The summed E-state index contributed by atoms with van der Waals surface area (Å²) in [6.07, 6.45) is 2.39. The van der Waals surface area contributed by atoms with E-state index in [0.717, 1.165) is 19.3 Å². The maximum atomic E-state index is 12.6. The molecule has 2 N–H and O–H groups in total. The van der Waals surface area contributed by atoms with Crippen LogP contribution in [0.4, 0.5) is 4.79 Å². The Bertz CT molecular complexity index is 366. The van der Waals surface area contributed by atoms with Crippen molar-refractivity contribution in [1.29, 1.82) is 0 Å². The summed E-state index contributed by atoms with van der Waals surface area (Å²) < 4.78 is 0. The van der Waals surface area contributed by atoms with E-state index in [0.29, 0.717) is 12.3 Å². The van der Waals surface area contributed by atoms with Crippen molar-refractivity contribution in [2.24, 2.45) is 0 Å². The first-order chi connectivity index (χ1) is 9.10. The summed E-state index contributed by atoms with van der Waals surface area (Å²) in [7, 11) is 0. The summed E-state index contributed by atoms with van der Waals surface area (Å²) in [4.78, 5) is 27.0. The van der Waals surface area contributed by atoms with Gasteiger partial charge < -0.3 is 15.1 Å². The molecular weight excluding hydrogens is 268 g/mol. The zero-order valence-electron chi connectivity index (χ0n) is 11.0. The van der Waals surface area contributed by atoms with E-state index in [1.54, 1.807) is 4.90 Å². The Morgan fingerprint density at radius 3 is 2.74 bits per heavy atom. The van der Waals surface area contributed by atoms with Gasteiger partial charge in [-0.1, -0.05) is 6.92 Å². The summed E-state index contributed by atoms with van der Waals surface area (Å²) in [6.45, 7) is 2.50. The molecule has 2 rings (SSSR count). The Labute approximate surface area is 116 Å². The third kappa shape index (κ3) is 2.67. The number of aliphatic hydroxyl groups excluding tert-OH is 1. The molecule has 19 heavy (non-hydrogen) atoms. The van der Waals surface area contributed by atoms with Crippen molar-refractivity contribution in [2.45, 2.75) is 43.6 Å². The van der Waals surface area contributed by atoms with Crippen molar-refractivity contribution in [3.63, 3.8) is 0 Å². The number of hydrogen-bond donors (Lipinski definition) is 2. The van der Waals surface area contributed by atoms with Gasteiger partial charge in [0.15, 0.2) is 0 Å². The topological polar surface area (TPSA) is 81.1 Å². The highest BCUT2D eigenvalue weighted by Gasteiger charge is 2.44. The average Bonchev–Trinajstić information content (AvgIpc) is 3.03. The minimum atomic E-state index is -0.948. The number of likely N-dealkylation sites (tertiary alicyclic amines) is 1. The highest BCUT2D eigenvalue weighted by atomic mass is 32.2. The number of thioether (sulfide) groups is 1. The number of urea groups is 1. The van der Waals surface area contributed by atoms with E-state index >= 15 is 0 Å². The molecule has 108 valence electrons. The van der Waals surface area contributed by atoms with Crippen molar-refractivity contribution >= 4 is 23.8 Å². The predicted molar refractivity (Wildman–Crippen MR) is 72.0 cm³/mol. The molecule has 0 aromatic carbocycles. The second kappa shape index (κ2) is 6.00. The lowest BCUT2D eigenvalue weighted by molar-refractivity contribution is -0.141. The molecule has 0 spiro atoms. The van der Waals surface area contributed by atoms with Crippen LogP contribution in [0, 0.1) is 0 Å². The number of hydrogen-bond acceptors (Lipinski definition) is 4. The summed E-state index contributed by atoms with van der Waals surface area (Å²) in [5.41, 5.74) is 0. The van der Waals surface area contributed by atoms with Crippen molar-refractivity contribution in [2.75, 3.05) is 18.9 Å². The number of carboxylic acids is 1. The molecule has 0 radical (unpaired) electrons. The molecule has 6 nitrogen and oxygen atoms in total. The maximum absolute atomic E-state index is 12.6. The van der Waals surface area contributed by atoms with E-state index in [9.17, 15) is 19.8 Å². The molecule has 0 aromatic heterocycles. The Morgan fingerprint density at radius 2 is 2.16 bits per heavy atom. The van der Waals surface area contributed by atoms with Crippen LogP contribution in [-0.2, 0) is 4.79 Å². The van der Waals surface area contributed by atoms with Crippen LogP contribution < -0.4 is 0 Å². The van der Waals surface area contributed by atoms with Gasteiger partial charge in [0.2, 0.25) is 0 Å². The van der Waals surface area contributed by atoms with Crippen LogP contribution in [0.15, 0.2) is 0 Å². The van der Waals surface area contributed by atoms with Crippen molar-refractivity contribution in [3.8, 4) is 0 Å². The quantitative estimate of drug-likeness (QED) is 0.803. The number of carbonyl (C=O) groups excluding carboxylic acids is 1. The normalized spacial score (nSPS) is 30.9. The second-order valence-electron chi connectivity index (χ2n) is 4.91. The second-order valence-corrected chi connectivity index (χ2v) is 6.12. The van der Waals surface area contributed by atoms with E-state index in [2.05, 4.69) is 0 Å². The van der Waals surface area contributed by atoms with Crippen LogP contribution in [-0.4, -0.2) is 68.4 Å². The first kappa shape index (κ1) is 14.5. The number of rotatable bonds is 3. The van der Waals surface area contributed by atoms with Crippen molar-refractivity contribution < 1.29 is 19.8 Å². The zero-order valence-corrected chi connectivity index (χ0v) is 11.8. The van der Waals surface area contributed by atoms with E-state index in [-0.39, 0.29) is 24.1 Å². The Hall–Kier alpha value is -0.950. The molecule has 2 aliphatic heterocycles. The molecule has 0 bridgehead atoms. The van der Waals surface area contributed by atoms with Crippen LogP contribution in [0.5, 0.6) is 0 Å². The SMILES string of the molecule is CCC1SCC(C(=O)O)N1C(=O)N1CCCC1CO. The molecule has 2 aliphatic rings. The molecular formula is C12H20N2O4S. The molecule has 3 unspecified atom stereocenters. The molecule has 2 heterocycles. The molecule has 0 aromatic rings. The number of amides is 2. The fourth-order valence-electron chi connectivity index (χ4n) is 2.75. The standard InChI is InChI=1S/C12H20N2O4S/c1-2-10-14(9(7-19-10)11(16)17)12(18)13-5-3-4-8(13)6-15/h8-10,15H,2-7H2,1H3,(H,16,17). The van der Waals surface area contributed by atoms with Crippen LogP contribution in [0.1, 0.15) is 26.2 Å². The fraction of sp³-hybridized carbons (Fsp3) is 0.833. The van der Waals surface area contributed by atoms with Gasteiger partial charge in [-0.05, 0) is 19.3 Å².